The summed E-state index contributed by atoms with van der Waals surface area (Å²) in [6.45, 7) is 14.3. The van der Waals surface area contributed by atoms with Crippen molar-refractivity contribution in [3.05, 3.63) is 106 Å². The van der Waals surface area contributed by atoms with Crippen LogP contribution in [0.15, 0.2) is 61.2 Å². The van der Waals surface area contributed by atoms with Crippen molar-refractivity contribution >= 4 is 27.9 Å². The van der Waals surface area contributed by atoms with Crippen molar-refractivity contribution in [1.29, 1.82) is 0 Å². The summed E-state index contributed by atoms with van der Waals surface area (Å²) in [7, 11) is 0. The van der Waals surface area contributed by atoms with Crippen molar-refractivity contribution in [2.24, 2.45) is 0 Å². The maximum absolute atomic E-state index is 13.6. The highest BCUT2D eigenvalue weighted by molar-refractivity contribution is 5.87. The molecule has 312 valence electrons. The summed E-state index contributed by atoms with van der Waals surface area (Å²) in [6, 6.07) is 14.7. The molecular formula is C49H58N8O3. The minimum Gasteiger partial charge on any atom is -0.355 e. The lowest BCUT2D eigenvalue weighted by molar-refractivity contribution is -0.147. The van der Waals surface area contributed by atoms with Gasteiger partial charge in [0.05, 0.1) is 0 Å². The normalized spacial score (nSPS) is 20.8. The van der Waals surface area contributed by atoms with Crippen LogP contribution in [-0.4, -0.2) is 87.4 Å². The Morgan fingerprint density at radius 3 is 1.58 bits per heavy atom. The highest BCUT2D eigenvalue weighted by Gasteiger charge is 2.30. The van der Waals surface area contributed by atoms with Crippen LogP contribution in [0.25, 0.3) is 44.3 Å². The van der Waals surface area contributed by atoms with Gasteiger partial charge in [0.15, 0.2) is 5.78 Å². The first-order valence-electron chi connectivity index (χ1n) is 22.1. The number of carbonyl (C=O) groups excluding carboxylic acids is 1. The van der Waals surface area contributed by atoms with Crippen molar-refractivity contribution < 1.29 is 14.3 Å². The lowest BCUT2D eigenvalue weighted by Crippen LogP contribution is -2.40. The predicted octanol–water partition coefficient (Wildman–Crippen LogP) is 7.95. The summed E-state index contributed by atoms with van der Waals surface area (Å²) in [5, 5.41) is 9.86. The molecule has 4 N–H and O–H groups in total. The van der Waals surface area contributed by atoms with Crippen molar-refractivity contribution in [3.63, 3.8) is 0 Å². The third kappa shape index (κ3) is 7.72. The zero-order chi connectivity index (χ0) is 40.9. The number of ketones is 1. The van der Waals surface area contributed by atoms with E-state index in [1.54, 1.807) is 0 Å². The molecule has 2 aromatic carbocycles. The van der Waals surface area contributed by atoms with Crippen LogP contribution < -0.4 is 10.6 Å². The fourth-order valence-electron chi connectivity index (χ4n) is 10.1. The molecule has 8 heterocycles. The van der Waals surface area contributed by atoms with Gasteiger partial charge in [-0.1, -0.05) is 12.1 Å². The monoisotopic (exact) mass is 806 g/mol. The number of Topliss-reactive ketones (excluding diaryl/α,β-unsaturated/α-hetero) is 1. The molecular weight excluding hydrogens is 749 g/mol. The molecule has 0 radical (unpaired) electrons. The van der Waals surface area contributed by atoms with E-state index in [9.17, 15) is 4.79 Å². The van der Waals surface area contributed by atoms with Crippen molar-refractivity contribution in [2.45, 2.75) is 104 Å². The van der Waals surface area contributed by atoms with Crippen LogP contribution in [0.2, 0.25) is 0 Å². The Bertz CT molecular complexity index is 2370. The molecule has 0 aliphatic carbocycles. The number of aromatic nitrogens is 4. The number of benzene rings is 2. The number of carbonyl (C=O) groups is 1. The van der Waals surface area contributed by atoms with Crippen LogP contribution in [0, 0.1) is 13.8 Å². The fraction of sp³-hybridized carbons (Fsp3) is 0.449. The molecule has 11 nitrogen and oxygen atoms in total. The zero-order valence-corrected chi connectivity index (χ0v) is 35.5. The second kappa shape index (κ2) is 16.6. The number of aryl methyl sites for hydroxylation is 2. The molecule has 4 aliphatic heterocycles. The largest absolute Gasteiger partial charge is 0.355 e. The van der Waals surface area contributed by atoms with Crippen LogP contribution >= 0.6 is 0 Å². The van der Waals surface area contributed by atoms with Gasteiger partial charge in [-0.15, -0.1) is 0 Å². The highest BCUT2D eigenvalue weighted by atomic mass is 16.5. The van der Waals surface area contributed by atoms with E-state index >= 15 is 0 Å². The average molecular weight is 807 g/mol. The smallest absolute Gasteiger partial charge is 0.189 e. The standard InChI is InChI=1S/C49H58N8O3/c1-29-21-52-48-39(29)19-37(23-54-48)35-15-33-9-13-56(25-43(33)41(17-35)45-7-5-11-50-45)27-59-31(3)47(58)32(4)60-28-57-14-10-34-16-36(18-42(44(34)26-57)46-8-6-12-51-46)38-20-40-30(2)22-53-49(40)55-24-38/h15-24,31-32,45-46,50-51H,5-14,25-28H2,1-4H3,(H,52,54)(H,53,55). The van der Waals surface area contributed by atoms with E-state index in [2.05, 4.69) is 80.6 Å². The molecule has 11 heteroatoms. The molecule has 2 saturated heterocycles. The molecule has 4 atom stereocenters. The van der Waals surface area contributed by atoms with Crippen LogP contribution in [0.4, 0.5) is 0 Å². The molecule has 6 aromatic rings. The van der Waals surface area contributed by atoms with E-state index in [1.165, 1.54) is 79.2 Å². The van der Waals surface area contributed by atoms with Gasteiger partial charge in [0.1, 0.15) is 37.0 Å². The molecule has 4 aromatic heterocycles. The minimum atomic E-state index is -0.566. The summed E-state index contributed by atoms with van der Waals surface area (Å²) >= 11 is 0. The van der Waals surface area contributed by atoms with E-state index in [4.69, 9.17) is 19.4 Å². The van der Waals surface area contributed by atoms with Gasteiger partial charge in [-0.2, -0.15) is 0 Å². The Balaban J connectivity index is 0.771. The summed E-state index contributed by atoms with van der Waals surface area (Å²) < 4.78 is 12.6. The number of nitrogens with one attached hydrogen (secondary N) is 4. The molecule has 4 unspecified atom stereocenters. The van der Waals surface area contributed by atoms with E-state index in [1.807, 2.05) is 38.6 Å². The quantitative estimate of drug-likeness (QED) is 0.0976. The number of hydrogen-bond donors (Lipinski definition) is 4. The number of fused-ring (bicyclic) bond motifs is 4. The molecule has 0 amide bonds. The van der Waals surface area contributed by atoms with Crippen LogP contribution in [0.5, 0.6) is 0 Å². The van der Waals surface area contributed by atoms with Gasteiger partial charge in [-0.25, -0.2) is 9.97 Å². The maximum Gasteiger partial charge on any atom is 0.189 e. The van der Waals surface area contributed by atoms with Crippen molar-refractivity contribution in [2.75, 3.05) is 39.6 Å². The lowest BCUT2D eigenvalue weighted by Gasteiger charge is -2.33. The number of rotatable bonds is 12. The Hall–Kier alpha value is -4.75. The van der Waals surface area contributed by atoms with E-state index in [-0.39, 0.29) is 5.78 Å². The zero-order valence-electron chi connectivity index (χ0n) is 35.5. The summed E-state index contributed by atoms with van der Waals surface area (Å²) in [4.78, 5) is 34.4. The lowest BCUT2D eigenvalue weighted by atomic mass is 9.87. The highest BCUT2D eigenvalue weighted by Crippen LogP contribution is 2.38. The summed E-state index contributed by atoms with van der Waals surface area (Å²) in [5.41, 5.74) is 17.4. The molecule has 0 bridgehead atoms. The molecule has 60 heavy (non-hydrogen) atoms. The SMILES string of the molecule is Cc1c[nH]c2ncc(-c3cc4c(c(C5CCCN5)c3)CN(COC(C)C(=O)C(C)OCN3CCc5cc(-c6cnc7[nH]cc(C)c7c6)cc(C6CCCN6)c5C3)CC4)cc12. The fourth-order valence-corrected chi connectivity index (χ4v) is 10.1. The third-order valence-corrected chi connectivity index (χ3v) is 13.7. The third-order valence-electron chi connectivity index (χ3n) is 13.7. The minimum absolute atomic E-state index is 0.0164. The van der Waals surface area contributed by atoms with E-state index < -0.39 is 12.2 Å². The summed E-state index contributed by atoms with van der Waals surface area (Å²) in [5.74, 6) is -0.0164. The van der Waals surface area contributed by atoms with Crippen LogP contribution in [0.3, 0.4) is 0 Å². The number of hydrogen-bond acceptors (Lipinski definition) is 9. The summed E-state index contributed by atoms with van der Waals surface area (Å²) in [6.07, 6.45) is 13.4. The van der Waals surface area contributed by atoms with Gasteiger partial charge in [0.25, 0.3) is 0 Å². The first-order chi connectivity index (χ1) is 29.3. The molecule has 0 saturated carbocycles. The number of H-pyrrole nitrogens is 2. The Morgan fingerprint density at radius 1 is 0.683 bits per heavy atom. The molecule has 4 aliphatic rings. The van der Waals surface area contributed by atoms with E-state index in [0.29, 0.717) is 25.5 Å². The van der Waals surface area contributed by atoms with Gasteiger partial charge in [0.2, 0.25) is 0 Å². The number of pyridine rings is 2. The Kier molecular flexibility index (Phi) is 10.9. The second-order valence-corrected chi connectivity index (χ2v) is 17.8. The second-order valence-electron chi connectivity index (χ2n) is 17.8. The predicted molar refractivity (Wildman–Crippen MR) is 237 cm³/mol. The van der Waals surface area contributed by atoms with Crippen LogP contribution in [-0.2, 0) is 40.2 Å². The first-order valence-corrected chi connectivity index (χ1v) is 22.1. The molecule has 0 spiro atoms. The van der Waals surface area contributed by atoms with Gasteiger partial charge in [-0.3, -0.25) is 14.6 Å². The molecule has 10 rings (SSSR count). The van der Waals surface area contributed by atoms with Gasteiger partial charge in [0, 0.05) is 84.9 Å². The maximum atomic E-state index is 13.6. The van der Waals surface area contributed by atoms with Crippen LogP contribution in [0.1, 0.15) is 96.1 Å². The van der Waals surface area contributed by atoms with Crippen molar-refractivity contribution in [3.8, 4) is 22.3 Å². The number of nitrogens with zero attached hydrogens (tertiary/aromatic N) is 4. The van der Waals surface area contributed by atoms with Gasteiger partial charge in [-0.05, 0) is 159 Å². The topological polar surface area (TPSA) is 123 Å². The number of ether oxygens (including phenoxy) is 2. The average Bonchev–Trinajstić information content (AvgIpc) is 4.13. The Labute approximate surface area is 352 Å². The first kappa shape index (κ1) is 39.4. The van der Waals surface area contributed by atoms with Gasteiger partial charge >= 0.3 is 0 Å². The Morgan fingerprint density at radius 2 is 1.15 bits per heavy atom. The number of aromatic amines is 2. The van der Waals surface area contributed by atoms with E-state index in [0.717, 1.165) is 87.4 Å². The van der Waals surface area contributed by atoms with Crippen molar-refractivity contribution in [1.82, 2.24) is 40.4 Å². The van der Waals surface area contributed by atoms with Gasteiger partial charge < -0.3 is 30.1 Å². The molecule has 2 fully saturated rings.